The topological polar surface area (TPSA) is 26.0 Å². The summed E-state index contributed by atoms with van der Waals surface area (Å²) in [5, 5.41) is 0. The highest BCUT2D eigenvalue weighted by atomic mass is 35.5. The second kappa shape index (κ2) is 5.23. The van der Waals surface area contributed by atoms with Crippen LogP contribution in [0.5, 0.6) is 0 Å². The summed E-state index contributed by atoms with van der Waals surface area (Å²) >= 11 is 9.18. The van der Waals surface area contributed by atoms with Crippen LogP contribution >= 0.6 is 34.7 Å². The fourth-order valence-electron chi connectivity index (χ4n) is 1.57. The molecule has 2 rings (SSSR count). The van der Waals surface area contributed by atoms with E-state index in [1.165, 1.54) is 4.90 Å². The lowest BCUT2D eigenvalue weighted by molar-refractivity contribution is 0.868. The average Bonchev–Trinajstić information content (AvgIpc) is 2.75. The average molecular weight is 270 g/mol. The maximum absolute atomic E-state index is 6.24. The zero-order valence-corrected chi connectivity index (χ0v) is 11.2. The molecule has 0 aliphatic heterocycles. The van der Waals surface area contributed by atoms with Gasteiger partial charge < -0.3 is 5.73 Å². The smallest absolute Gasteiger partial charge is 0.0931 e. The highest BCUT2D eigenvalue weighted by molar-refractivity contribution is 7.98. The van der Waals surface area contributed by atoms with Crippen LogP contribution in [-0.4, -0.2) is 6.26 Å². The molecule has 0 spiro atoms. The zero-order valence-electron chi connectivity index (χ0n) is 8.81. The Morgan fingerprint density at radius 1 is 1.25 bits per heavy atom. The summed E-state index contributed by atoms with van der Waals surface area (Å²) in [6.45, 7) is 0. The molecule has 0 saturated carbocycles. The van der Waals surface area contributed by atoms with Crippen LogP contribution in [-0.2, 0) is 0 Å². The first-order chi connectivity index (χ1) is 7.72. The zero-order chi connectivity index (χ0) is 11.5. The third kappa shape index (κ3) is 2.43. The standard InChI is InChI=1S/C12H12ClNS2/c1-15-9-5-3-2-4-8(9)12(14)10-6-7-11(13)16-10/h2-7,12H,14H2,1H3. The number of nitrogens with two attached hydrogens (primary N) is 1. The predicted octanol–water partition coefficient (Wildman–Crippen LogP) is 4.17. The summed E-state index contributed by atoms with van der Waals surface area (Å²) in [5.41, 5.74) is 7.41. The van der Waals surface area contributed by atoms with E-state index in [9.17, 15) is 0 Å². The first-order valence-electron chi connectivity index (χ1n) is 4.86. The minimum atomic E-state index is -0.0823. The lowest BCUT2D eigenvalue weighted by atomic mass is 10.1. The minimum Gasteiger partial charge on any atom is -0.320 e. The molecule has 2 aromatic rings. The van der Waals surface area contributed by atoms with Gasteiger partial charge in [0.15, 0.2) is 0 Å². The normalized spacial score (nSPS) is 12.7. The predicted molar refractivity (Wildman–Crippen MR) is 73.6 cm³/mol. The molecule has 1 atom stereocenters. The summed E-state index contributed by atoms with van der Waals surface area (Å²) in [6, 6.07) is 12.0. The fraction of sp³-hybridized carbons (Fsp3) is 0.167. The highest BCUT2D eigenvalue weighted by Crippen LogP contribution is 2.33. The van der Waals surface area contributed by atoms with Gasteiger partial charge in [0.2, 0.25) is 0 Å². The summed E-state index contributed by atoms with van der Waals surface area (Å²) in [5.74, 6) is 0. The summed E-state index contributed by atoms with van der Waals surface area (Å²) < 4.78 is 0.784. The van der Waals surface area contributed by atoms with Crippen molar-refractivity contribution >= 4 is 34.7 Å². The van der Waals surface area contributed by atoms with E-state index in [4.69, 9.17) is 17.3 Å². The molecule has 0 saturated heterocycles. The van der Waals surface area contributed by atoms with Crippen molar-refractivity contribution in [3.8, 4) is 0 Å². The Kier molecular flexibility index (Phi) is 3.92. The monoisotopic (exact) mass is 269 g/mol. The third-order valence-corrected chi connectivity index (χ3v) is 4.50. The molecule has 84 valence electrons. The van der Waals surface area contributed by atoms with Crippen LogP contribution in [0.25, 0.3) is 0 Å². The number of thiophene rings is 1. The van der Waals surface area contributed by atoms with E-state index in [2.05, 4.69) is 18.4 Å². The van der Waals surface area contributed by atoms with Crippen molar-refractivity contribution in [1.29, 1.82) is 0 Å². The van der Waals surface area contributed by atoms with E-state index in [1.807, 2.05) is 24.3 Å². The Morgan fingerprint density at radius 2 is 2.00 bits per heavy atom. The van der Waals surface area contributed by atoms with Gasteiger partial charge in [-0.15, -0.1) is 23.1 Å². The molecule has 1 heterocycles. The van der Waals surface area contributed by atoms with E-state index in [0.29, 0.717) is 0 Å². The van der Waals surface area contributed by atoms with E-state index in [1.54, 1.807) is 23.1 Å². The van der Waals surface area contributed by atoms with E-state index in [-0.39, 0.29) is 6.04 Å². The molecule has 1 aromatic heterocycles. The van der Waals surface area contributed by atoms with Gasteiger partial charge in [-0.3, -0.25) is 0 Å². The van der Waals surface area contributed by atoms with Crippen molar-refractivity contribution in [3.63, 3.8) is 0 Å². The summed E-state index contributed by atoms with van der Waals surface area (Å²) in [4.78, 5) is 2.33. The molecular formula is C12H12ClNS2. The summed E-state index contributed by atoms with van der Waals surface area (Å²) in [7, 11) is 0. The molecule has 0 fully saturated rings. The van der Waals surface area contributed by atoms with Gasteiger partial charge in [-0.05, 0) is 30.0 Å². The number of benzene rings is 1. The van der Waals surface area contributed by atoms with Crippen molar-refractivity contribution < 1.29 is 0 Å². The quantitative estimate of drug-likeness (QED) is 0.847. The number of hydrogen-bond acceptors (Lipinski definition) is 3. The number of halogens is 1. The second-order valence-electron chi connectivity index (χ2n) is 3.36. The number of thioether (sulfide) groups is 1. The molecule has 0 aliphatic carbocycles. The number of hydrogen-bond donors (Lipinski definition) is 1. The first kappa shape index (κ1) is 12.0. The third-order valence-electron chi connectivity index (χ3n) is 2.37. The van der Waals surface area contributed by atoms with Gasteiger partial charge >= 0.3 is 0 Å². The summed E-state index contributed by atoms with van der Waals surface area (Å²) in [6.07, 6.45) is 2.06. The first-order valence-corrected chi connectivity index (χ1v) is 7.28. The van der Waals surface area contributed by atoms with Crippen molar-refractivity contribution in [1.82, 2.24) is 0 Å². The lowest BCUT2D eigenvalue weighted by Gasteiger charge is -2.13. The van der Waals surface area contributed by atoms with Crippen LogP contribution < -0.4 is 5.73 Å². The molecule has 0 amide bonds. The molecule has 0 aliphatic rings. The Balaban J connectivity index is 2.36. The van der Waals surface area contributed by atoms with E-state index >= 15 is 0 Å². The molecule has 1 unspecified atom stereocenters. The van der Waals surface area contributed by atoms with Crippen LogP contribution in [0.4, 0.5) is 0 Å². The molecule has 4 heteroatoms. The molecule has 2 N–H and O–H groups in total. The fourth-order valence-corrected chi connectivity index (χ4v) is 3.30. The van der Waals surface area contributed by atoms with Gasteiger partial charge in [0.05, 0.1) is 10.4 Å². The van der Waals surface area contributed by atoms with Crippen LogP contribution in [0.1, 0.15) is 16.5 Å². The Morgan fingerprint density at radius 3 is 2.62 bits per heavy atom. The van der Waals surface area contributed by atoms with Crippen molar-refractivity contribution in [3.05, 3.63) is 51.2 Å². The van der Waals surface area contributed by atoms with Gasteiger partial charge in [0, 0.05) is 9.77 Å². The van der Waals surface area contributed by atoms with Crippen LogP contribution in [0, 0.1) is 0 Å². The maximum Gasteiger partial charge on any atom is 0.0931 e. The van der Waals surface area contributed by atoms with Gasteiger partial charge in [-0.25, -0.2) is 0 Å². The molecular weight excluding hydrogens is 258 g/mol. The van der Waals surface area contributed by atoms with Crippen LogP contribution in [0.2, 0.25) is 4.34 Å². The van der Waals surface area contributed by atoms with Crippen molar-refractivity contribution in [2.24, 2.45) is 5.73 Å². The molecule has 16 heavy (non-hydrogen) atoms. The van der Waals surface area contributed by atoms with Gasteiger partial charge in [0.25, 0.3) is 0 Å². The maximum atomic E-state index is 6.24. The number of rotatable bonds is 3. The lowest BCUT2D eigenvalue weighted by Crippen LogP contribution is -2.11. The van der Waals surface area contributed by atoms with Gasteiger partial charge in [-0.1, -0.05) is 29.8 Å². The van der Waals surface area contributed by atoms with Gasteiger partial charge in [-0.2, -0.15) is 0 Å². The second-order valence-corrected chi connectivity index (χ2v) is 5.96. The van der Waals surface area contributed by atoms with Crippen molar-refractivity contribution in [2.75, 3.05) is 6.26 Å². The van der Waals surface area contributed by atoms with Crippen molar-refractivity contribution in [2.45, 2.75) is 10.9 Å². The highest BCUT2D eigenvalue weighted by Gasteiger charge is 2.14. The Hall–Kier alpha value is -0.480. The Labute approximate surface area is 109 Å². The van der Waals surface area contributed by atoms with Crippen LogP contribution in [0.15, 0.2) is 41.3 Å². The van der Waals surface area contributed by atoms with Crippen LogP contribution in [0.3, 0.4) is 0 Å². The van der Waals surface area contributed by atoms with Gasteiger partial charge in [0.1, 0.15) is 0 Å². The molecule has 1 aromatic carbocycles. The molecule has 1 nitrogen and oxygen atoms in total. The minimum absolute atomic E-state index is 0.0823. The van der Waals surface area contributed by atoms with E-state index in [0.717, 1.165) is 14.8 Å². The Bertz CT molecular complexity index is 481. The largest absolute Gasteiger partial charge is 0.320 e. The molecule has 0 radical (unpaired) electrons. The molecule has 0 bridgehead atoms. The van der Waals surface area contributed by atoms with E-state index < -0.39 is 0 Å². The SMILES string of the molecule is CSc1ccccc1C(N)c1ccc(Cl)s1.